The minimum absolute atomic E-state index is 0.0413. The molecule has 68 valence electrons. The van der Waals surface area contributed by atoms with Gasteiger partial charge in [0.15, 0.2) is 0 Å². The molecule has 0 aromatic rings. The summed E-state index contributed by atoms with van der Waals surface area (Å²) in [6, 6.07) is 0. The van der Waals surface area contributed by atoms with Crippen molar-refractivity contribution in [3.8, 4) is 11.8 Å². The fourth-order valence-corrected chi connectivity index (χ4v) is 0.872. The number of unbranched alkanes of at least 4 members (excludes halogenated alkanes) is 1. The van der Waals surface area contributed by atoms with Crippen LogP contribution in [0.15, 0.2) is 0 Å². The van der Waals surface area contributed by atoms with Crippen LogP contribution in [-0.2, 0) is 4.79 Å². The van der Waals surface area contributed by atoms with Gasteiger partial charge in [-0.05, 0) is 18.3 Å². The van der Waals surface area contributed by atoms with Crippen molar-refractivity contribution in [2.45, 2.75) is 33.1 Å². The Balaban J connectivity index is 3.57. The van der Waals surface area contributed by atoms with Crippen LogP contribution in [-0.4, -0.2) is 11.7 Å². The molecule has 0 fully saturated rings. The number of Topliss-reactive ketones (excluding diaryl/α,β-unsaturated/α-hetero) is 1. The first-order valence-electron chi connectivity index (χ1n) is 4.24. The van der Waals surface area contributed by atoms with Gasteiger partial charge in [0.1, 0.15) is 0 Å². The van der Waals surface area contributed by atoms with E-state index in [1.807, 2.05) is 13.8 Å². The standard InChI is InChI=1S/C10H15ClO/c1-9(2)8-10(12)6-4-3-5-7-11/h9H,3,5,7-8H2,1-2H3. The van der Waals surface area contributed by atoms with Gasteiger partial charge in [-0.2, -0.15) is 0 Å². The van der Waals surface area contributed by atoms with E-state index in [1.54, 1.807) is 0 Å². The molecule has 0 atom stereocenters. The van der Waals surface area contributed by atoms with Gasteiger partial charge in [0.25, 0.3) is 0 Å². The van der Waals surface area contributed by atoms with Crippen LogP contribution in [0.25, 0.3) is 0 Å². The summed E-state index contributed by atoms with van der Waals surface area (Å²) in [5.41, 5.74) is 0. The lowest BCUT2D eigenvalue weighted by atomic mass is 10.1. The van der Waals surface area contributed by atoms with Gasteiger partial charge in [-0.15, -0.1) is 11.6 Å². The molecule has 1 nitrogen and oxygen atoms in total. The number of hydrogen-bond donors (Lipinski definition) is 0. The van der Waals surface area contributed by atoms with E-state index in [-0.39, 0.29) is 5.78 Å². The van der Waals surface area contributed by atoms with Crippen LogP contribution in [0.3, 0.4) is 0 Å². The maximum atomic E-state index is 11.0. The number of carbonyl (C=O) groups excluding carboxylic acids is 1. The van der Waals surface area contributed by atoms with E-state index >= 15 is 0 Å². The second-order valence-electron chi connectivity index (χ2n) is 3.12. The summed E-state index contributed by atoms with van der Waals surface area (Å²) < 4.78 is 0. The average molecular weight is 187 g/mol. The zero-order valence-electron chi connectivity index (χ0n) is 7.69. The van der Waals surface area contributed by atoms with E-state index in [0.29, 0.717) is 18.2 Å². The number of rotatable bonds is 4. The zero-order chi connectivity index (χ0) is 9.40. The topological polar surface area (TPSA) is 17.1 Å². The Morgan fingerprint density at radius 3 is 2.67 bits per heavy atom. The van der Waals surface area contributed by atoms with Gasteiger partial charge in [0.05, 0.1) is 0 Å². The van der Waals surface area contributed by atoms with Crippen molar-refractivity contribution in [2.24, 2.45) is 5.92 Å². The summed E-state index contributed by atoms with van der Waals surface area (Å²) in [5.74, 6) is 6.47. The zero-order valence-corrected chi connectivity index (χ0v) is 8.45. The Morgan fingerprint density at radius 2 is 2.17 bits per heavy atom. The first-order valence-corrected chi connectivity index (χ1v) is 4.78. The molecule has 0 aromatic heterocycles. The quantitative estimate of drug-likeness (QED) is 0.286. The molecule has 0 unspecified atom stereocenters. The summed E-state index contributed by atoms with van der Waals surface area (Å²) >= 11 is 5.45. The second-order valence-corrected chi connectivity index (χ2v) is 3.49. The van der Waals surface area contributed by atoms with Crippen LogP contribution in [0.4, 0.5) is 0 Å². The fourth-order valence-electron chi connectivity index (χ4n) is 0.738. The highest BCUT2D eigenvalue weighted by atomic mass is 35.5. The van der Waals surface area contributed by atoms with Gasteiger partial charge in [-0.1, -0.05) is 19.8 Å². The van der Waals surface area contributed by atoms with Crippen molar-refractivity contribution in [1.82, 2.24) is 0 Å². The summed E-state index contributed by atoms with van der Waals surface area (Å²) in [5, 5.41) is 0. The molecule has 2 heteroatoms. The predicted octanol–water partition coefficient (Wildman–Crippen LogP) is 2.62. The van der Waals surface area contributed by atoms with Crippen molar-refractivity contribution < 1.29 is 4.79 Å². The molecule has 0 radical (unpaired) electrons. The molecule has 0 saturated heterocycles. The summed E-state index contributed by atoms with van der Waals surface area (Å²) in [7, 11) is 0. The molecule has 0 heterocycles. The Bertz CT molecular complexity index is 186. The van der Waals surface area contributed by atoms with Crippen molar-refractivity contribution in [1.29, 1.82) is 0 Å². The smallest absolute Gasteiger partial charge is 0.205 e. The summed E-state index contributed by atoms with van der Waals surface area (Å²) in [6.45, 7) is 4.02. The molecule has 0 saturated carbocycles. The molecule has 0 aliphatic rings. The molecule has 12 heavy (non-hydrogen) atoms. The Hall–Kier alpha value is -0.480. The lowest BCUT2D eigenvalue weighted by Gasteiger charge is -1.95. The average Bonchev–Trinajstić information content (AvgIpc) is 1.97. The largest absolute Gasteiger partial charge is 0.285 e. The van der Waals surface area contributed by atoms with Gasteiger partial charge in [0, 0.05) is 18.7 Å². The summed E-state index contributed by atoms with van der Waals surface area (Å²) in [4.78, 5) is 11.0. The van der Waals surface area contributed by atoms with Crippen LogP contribution in [0.5, 0.6) is 0 Å². The Labute approximate surface area is 79.5 Å². The lowest BCUT2D eigenvalue weighted by molar-refractivity contribution is -0.114. The highest BCUT2D eigenvalue weighted by Gasteiger charge is 1.99. The van der Waals surface area contributed by atoms with E-state index in [9.17, 15) is 4.79 Å². The van der Waals surface area contributed by atoms with Crippen LogP contribution in [0, 0.1) is 17.8 Å². The predicted molar refractivity (Wildman–Crippen MR) is 52.2 cm³/mol. The van der Waals surface area contributed by atoms with E-state index in [2.05, 4.69) is 11.8 Å². The minimum atomic E-state index is 0.0413. The van der Waals surface area contributed by atoms with Gasteiger partial charge in [0.2, 0.25) is 5.78 Å². The van der Waals surface area contributed by atoms with E-state index in [0.717, 1.165) is 12.8 Å². The van der Waals surface area contributed by atoms with Crippen molar-refractivity contribution in [2.75, 3.05) is 5.88 Å². The number of carbonyl (C=O) groups is 1. The van der Waals surface area contributed by atoms with Crippen LogP contribution < -0.4 is 0 Å². The minimum Gasteiger partial charge on any atom is -0.285 e. The maximum absolute atomic E-state index is 11.0. The van der Waals surface area contributed by atoms with Gasteiger partial charge in [-0.25, -0.2) is 0 Å². The Kier molecular flexibility index (Phi) is 6.90. The molecule has 0 N–H and O–H groups in total. The molecule has 0 amide bonds. The number of ketones is 1. The summed E-state index contributed by atoms with van der Waals surface area (Å²) in [6.07, 6.45) is 2.16. The van der Waals surface area contributed by atoms with Crippen molar-refractivity contribution in [3.63, 3.8) is 0 Å². The first kappa shape index (κ1) is 11.5. The molecule has 0 bridgehead atoms. The van der Waals surface area contributed by atoms with Crippen LogP contribution in [0.2, 0.25) is 0 Å². The molecule has 0 aliphatic carbocycles. The normalized spacial score (nSPS) is 9.33. The maximum Gasteiger partial charge on any atom is 0.205 e. The third kappa shape index (κ3) is 7.63. The SMILES string of the molecule is CC(C)CC(=O)C#CCCCCl. The first-order chi connectivity index (χ1) is 5.66. The lowest BCUT2D eigenvalue weighted by Crippen LogP contribution is -1.98. The molecule has 0 aliphatic heterocycles. The molecule has 0 rings (SSSR count). The number of alkyl halides is 1. The highest BCUT2D eigenvalue weighted by molar-refractivity contribution is 6.17. The van der Waals surface area contributed by atoms with Gasteiger partial charge in [-0.3, -0.25) is 4.79 Å². The third-order valence-corrected chi connectivity index (χ3v) is 1.52. The van der Waals surface area contributed by atoms with Gasteiger partial charge < -0.3 is 0 Å². The number of halogens is 1. The van der Waals surface area contributed by atoms with E-state index < -0.39 is 0 Å². The fraction of sp³-hybridized carbons (Fsp3) is 0.700. The Morgan fingerprint density at radius 1 is 1.50 bits per heavy atom. The number of hydrogen-bond acceptors (Lipinski definition) is 1. The third-order valence-electron chi connectivity index (χ3n) is 1.26. The van der Waals surface area contributed by atoms with Crippen LogP contribution >= 0.6 is 11.6 Å². The monoisotopic (exact) mass is 186 g/mol. The molecular formula is C10H15ClO. The highest BCUT2D eigenvalue weighted by Crippen LogP contribution is 1.99. The molecule has 0 spiro atoms. The van der Waals surface area contributed by atoms with Gasteiger partial charge >= 0.3 is 0 Å². The van der Waals surface area contributed by atoms with Crippen LogP contribution in [0.1, 0.15) is 33.1 Å². The van der Waals surface area contributed by atoms with E-state index in [1.165, 1.54) is 0 Å². The molecule has 0 aromatic carbocycles. The molecular weight excluding hydrogens is 172 g/mol. The van der Waals surface area contributed by atoms with Crippen molar-refractivity contribution >= 4 is 17.4 Å². The van der Waals surface area contributed by atoms with E-state index in [4.69, 9.17) is 11.6 Å². The second kappa shape index (κ2) is 7.18. The van der Waals surface area contributed by atoms with Crippen molar-refractivity contribution in [3.05, 3.63) is 0 Å².